The van der Waals surface area contributed by atoms with E-state index in [4.69, 9.17) is 11.6 Å². The zero-order valence-corrected chi connectivity index (χ0v) is 11.1. The molecule has 0 N–H and O–H groups in total. The number of rotatable bonds is 3. The van der Waals surface area contributed by atoms with Crippen LogP contribution in [0, 0.1) is 0 Å². The Hall–Kier alpha value is 0.160. The molecule has 0 amide bonds. The fraction of sp³-hybridized carbons (Fsp3) is 1.00. The van der Waals surface area contributed by atoms with Crippen LogP contribution in [0.25, 0.3) is 0 Å². The Morgan fingerprint density at radius 2 is 2.07 bits per heavy atom. The highest BCUT2D eigenvalue weighted by atomic mass is 35.5. The minimum atomic E-state index is -3.21. The van der Waals surface area contributed by atoms with Crippen LogP contribution in [0.3, 0.4) is 0 Å². The molecule has 0 aromatic rings. The summed E-state index contributed by atoms with van der Waals surface area (Å²) in [6, 6.07) is 0.0411. The van der Waals surface area contributed by atoms with E-state index < -0.39 is 15.3 Å². The Kier molecular flexibility index (Phi) is 4.40. The molecule has 0 spiro atoms. The van der Waals surface area contributed by atoms with Gasteiger partial charge in [0.25, 0.3) is 0 Å². The van der Waals surface area contributed by atoms with Crippen molar-refractivity contribution in [2.75, 3.05) is 32.6 Å². The topological polar surface area (TPSA) is 40.6 Å². The Morgan fingerprint density at radius 3 is 2.53 bits per heavy atom. The van der Waals surface area contributed by atoms with E-state index in [-0.39, 0.29) is 11.9 Å². The maximum Gasteiger partial charge on any atom is 0.218 e. The second kappa shape index (κ2) is 4.99. The van der Waals surface area contributed by atoms with E-state index in [0.29, 0.717) is 6.54 Å². The number of alkyl halides is 1. The summed E-state index contributed by atoms with van der Waals surface area (Å²) in [7, 11) is -1.20. The molecule has 1 aliphatic heterocycles. The van der Waals surface area contributed by atoms with E-state index in [1.165, 1.54) is 0 Å². The van der Waals surface area contributed by atoms with Gasteiger partial charge in [-0.1, -0.05) is 0 Å². The summed E-state index contributed by atoms with van der Waals surface area (Å²) >= 11 is 5.62. The first-order chi connectivity index (χ1) is 6.89. The van der Waals surface area contributed by atoms with Crippen LogP contribution in [0.15, 0.2) is 0 Å². The lowest BCUT2D eigenvalue weighted by molar-refractivity contribution is 0.169. The molecule has 0 aliphatic carbocycles. The van der Waals surface area contributed by atoms with Gasteiger partial charge in [0.2, 0.25) is 10.0 Å². The first-order valence-corrected chi connectivity index (χ1v) is 7.18. The van der Waals surface area contributed by atoms with Gasteiger partial charge >= 0.3 is 0 Å². The highest BCUT2D eigenvalue weighted by Gasteiger charge is 2.34. The molecular weight excluding hydrogens is 236 g/mol. The van der Waals surface area contributed by atoms with Gasteiger partial charge in [0.1, 0.15) is 0 Å². The van der Waals surface area contributed by atoms with E-state index in [2.05, 4.69) is 4.90 Å². The van der Waals surface area contributed by atoms with Gasteiger partial charge in [0.05, 0.1) is 5.25 Å². The molecular formula is C9H19ClN2O2S. The van der Waals surface area contributed by atoms with Gasteiger partial charge in [0.15, 0.2) is 0 Å². The Balaban J connectivity index is 2.79. The van der Waals surface area contributed by atoms with Crippen molar-refractivity contribution in [2.24, 2.45) is 0 Å². The average molecular weight is 255 g/mol. The third kappa shape index (κ3) is 2.84. The standard InChI is InChI=1S/C9H19ClN2O2S/c1-8-7-11(3)4-5-12(8)15(13,14)9(2)6-10/h8-9H,4-7H2,1-3H3. The van der Waals surface area contributed by atoms with Crippen molar-refractivity contribution < 1.29 is 8.42 Å². The predicted molar refractivity (Wildman–Crippen MR) is 62.8 cm³/mol. The largest absolute Gasteiger partial charge is 0.303 e. The molecule has 2 unspecified atom stereocenters. The highest BCUT2D eigenvalue weighted by Crippen LogP contribution is 2.17. The molecule has 1 heterocycles. The molecule has 6 heteroatoms. The van der Waals surface area contributed by atoms with E-state index in [1.807, 2.05) is 14.0 Å². The Morgan fingerprint density at radius 1 is 1.47 bits per heavy atom. The number of halogens is 1. The van der Waals surface area contributed by atoms with Gasteiger partial charge in [-0.05, 0) is 20.9 Å². The van der Waals surface area contributed by atoms with Crippen LogP contribution in [0.5, 0.6) is 0 Å². The number of sulfonamides is 1. The summed E-state index contributed by atoms with van der Waals surface area (Å²) in [4.78, 5) is 2.14. The van der Waals surface area contributed by atoms with Crippen LogP contribution >= 0.6 is 11.6 Å². The third-order valence-corrected chi connectivity index (χ3v) is 5.85. The van der Waals surface area contributed by atoms with E-state index in [1.54, 1.807) is 11.2 Å². The van der Waals surface area contributed by atoms with Crippen LogP contribution in [-0.2, 0) is 10.0 Å². The molecule has 0 aromatic carbocycles. The molecule has 0 aromatic heterocycles. The van der Waals surface area contributed by atoms with Crippen molar-refractivity contribution in [1.29, 1.82) is 0 Å². The van der Waals surface area contributed by atoms with Crippen molar-refractivity contribution in [1.82, 2.24) is 9.21 Å². The van der Waals surface area contributed by atoms with Gasteiger partial charge in [-0.2, -0.15) is 4.31 Å². The van der Waals surface area contributed by atoms with E-state index >= 15 is 0 Å². The van der Waals surface area contributed by atoms with Gasteiger partial charge < -0.3 is 4.90 Å². The Labute approximate surface area is 97.2 Å². The van der Waals surface area contributed by atoms with Crippen molar-refractivity contribution in [2.45, 2.75) is 25.1 Å². The lowest BCUT2D eigenvalue weighted by Crippen LogP contribution is -2.54. The van der Waals surface area contributed by atoms with Crippen molar-refractivity contribution in [3.8, 4) is 0 Å². The zero-order valence-electron chi connectivity index (χ0n) is 9.48. The van der Waals surface area contributed by atoms with E-state index in [0.717, 1.165) is 13.1 Å². The second-order valence-electron chi connectivity index (χ2n) is 4.23. The lowest BCUT2D eigenvalue weighted by Gasteiger charge is -2.38. The van der Waals surface area contributed by atoms with Crippen LogP contribution in [0.4, 0.5) is 0 Å². The van der Waals surface area contributed by atoms with Crippen LogP contribution in [0.2, 0.25) is 0 Å². The summed E-state index contributed by atoms with van der Waals surface area (Å²) in [5.41, 5.74) is 0. The fourth-order valence-corrected chi connectivity index (χ4v) is 3.82. The Bertz CT molecular complexity index is 307. The second-order valence-corrected chi connectivity index (χ2v) is 6.84. The van der Waals surface area contributed by atoms with Crippen LogP contribution in [0.1, 0.15) is 13.8 Å². The molecule has 2 atom stereocenters. The molecule has 90 valence electrons. The average Bonchev–Trinajstić information content (AvgIpc) is 2.15. The summed E-state index contributed by atoms with van der Waals surface area (Å²) in [6.45, 7) is 5.75. The summed E-state index contributed by atoms with van der Waals surface area (Å²) in [5.74, 6) is 0.154. The minimum absolute atomic E-state index is 0.0411. The number of hydrogen-bond donors (Lipinski definition) is 0. The number of piperazine rings is 1. The minimum Gasteiger partial charge on any atom is -0.303 e. The van der Waals surface area contributed by atoms with Crippen molar-refractivity contribution >= 4 is 21.6 Å². The van der Waals surface area contributed by atoms with Crippen molar-refractivity contribution in [3.05, 3.63) is 0 Å². The third-order valence-electron chi connectivity index (χ3n) is 2.82. The fourth-order valence-electron chi connectivity index (χ4n) is 1.81. The maximum absolute atomic E-state index is 12.1. The molecule has 0 bridgehead atoms. The quantitative estimate of drug-likeness (QED) is 0.692. The molecule has 1 fully saturated rings. The highest BCUT2D eigenvalue weighted by molar-refractivity contribution is 7.89. The molecule has 1 aliphatic rings. The predicted octanol–water partition coefficient (Wildman–Crippen LogP) is 0.579. The smallest absolute Gasteiger partial charge is 0.218 e. The molecule has 15 heavy (non-hydrogen) atoms. The SMILES string of the molecule is CC1CN(C)CCN1S(=O)(=O)C(C)CCl. The van der Waals surface area contributed by atoms with Gasteiger partial charge in [-0.25, -0.2) is 8.42 Å². The van der Waals surface area contributed by atoms with Gasteiger partial charge in [-0.15, -0.1) is 11.6 Å². The first kappa shape index (κ1) is 13.2. The zero-order chi connectivity index (χ0) is 11.6. The number of hydrogen-bond acceptors (Lipinski definition) is 3. The summed E-state index contributed by atoms with van der Waals surface area (Å²) in [6.07, 6.45) is 0. The summed E-state index contributed by atoms with van der Waals surface area (Å²) < 4.78 is 25.7. The molecule has 1 saturated heterocycles. The lowest BCUT2D eigenvalue weighted by atomic mass is 10.2. The normalized spacial score (nSPS) is 27.9. The summed E-state index contributed by atoms with van der Waals surface area (Å²) in [5, 5.41) is -0.495. The number of likely N-dealkylation sites (N-methyl/N-ethyl adjacent to an activating group) is 1. The van der Waals surface area contributed by atoms with E-state index in [9.17, 15) is 8.42 Å². The maximum atomic E-state index is 12.1. The molecule has 0 saturated carbocycles. The molecule has 1 rings (SSSR count). The van der Waals surface area contributed by atoms with Crippen molar-refractivity contribution in [3.63, 3.8) is 0 Å². The monoisotopic (exact) mass is 254 g/mol. The van der Waals surface area contributed by atoms with Gasteiger partial charge in [-0.3, -0.25) is 0 Å². The molecule has 0 radical (unpaired) electrons. The van der Waals surface area contributed by atoms with Crippen LogP contribution in [-0.4, -0.2) is 61.5 Å². The van der Waals surface area contributed by atoms with Crippen LogP contribution < -0.4 is 0 Å². The van der Waals surface area contributed by atoms with Gasteiger partial charge in [0, 0.05) is 31.6 Å². The molecule has 4 nitrogen and oxygen atoms in total. The number of nitrogens with zero attached hydrogens (tertiary/aromatic N) is 2. The first-order valence-electron chi connectivity index (χ1n) is 5.14.